The zero-order valence-corrected chi connectivity index (χ0v) is 7.71. The molecule has 0 aliphatic carbocycles. The lowest BCUT2D eigenvalue weighted by Crippen LogP contribution is -2.29. The third-order valence-corrected chi connectivity index (χ3v) is 2.41. The molecule has 1 rings (SSSR count). The minimum Gasteiger partial charge on any atom is -0.306 e. The van der Waals surface area contributed by atoms with E-state index in [2.05, 4.69) is 31.0 Å². The van der Waals surface area contributed by atoms with Crippen molar-refractivity contribution < 1.29 is 0 Å². The van der Waals surface area contributed by atoms with Crippen LogP contribution in [0.15, 0.2) is 12.2 Å². The summed E-state index contributed by atoms with van der Waals surface area (Å²) in [6, 6.07) is 0. The molecule has 1 nitrogen and oxygen atoms in total. The van der Waals surface area contributed by atoms with Gasteiger partial charge in [-0.2, -0.15) is 0 Å². The van der Waals surface area contributed by atoms with Crippen molar-refractivity contribution in [2.24, 2.45) is 5.92 Å². The summed E-state index contributed by atoms with van der Waals surface area (Å²) in [4.78, 5) is 2.41. The zero-order valence-electron chi connectivity index (χ0n) is 7.71. The minimum atomic E-state index is 0.867. The van der Waals surface area contributed by atoms with Crippen LogP contribution >= 0.6 is 0 Å². The van der Waals surface area contributed by atoms with Crippen molar-refractivity contribution in [3.63, 3.8) is 0 Å². The van der Waals surface area contributed by atoms with Crippen molar-refractivity contribution in [3.05, 3.63) is 12.2 Å². The third-order valence-electron chi connectivity index (χ3n) is 2.41. The van der Waals surface area contributed by atoms with Crippen LogP contribution in [0.5, 0.6) is 0 Å². The fourth-order valence-electron chi connectivity index (χ4n) is 1.55. The molecule has 0 atom stereocenters. The number of allylic oxidation sites excluding steroid dienone is 2. The van der Waals surface area contributed by atoms with Crippen LogP contribution in [-0.4, -0.2) is 25.0 Å². The first-order valence-electron chi connectivity index (χ1n) is 4.68. The Kier molecular flexibility index (Phi) is 3.64. The van der Waals surface area contributed by atoms with E-state index >= 15 is 0 Å². The van der Waals surface area contributed by atoms with E-state index in [4.69, 9.17) is 0 Å². The Morgan fingerprint density at radius 2 is 2.00 bits per heavy atom. The molecule has 0 aromatic heterocycles. The molecule has 11 heavy (non-hydrogen) atoms. The van der Waals surface area contributed by atoms with Crippen LogP contribution in [0.1, 0.15) is 26.2 Å². The molecule has 0 radical (unpaired) electrons. The number of nitrogens with zero attached hydrogens (tertiary/aromatic N) is 1. The van der Waals surface area contributed by atoms with Gasteiger partial charge in [-0.25, -0.2) is 0 Å². The standard InChI is InChI=1S/C10H19N/c1-3-4-5-10-6-8-11(2)9-7-10/h4-5,10H,3,6-9H2,1-2H3/b5-4+. The Hall–Kier alpha value is -0.300. The Morgan fingerprint density at radius 1 is 1.36 bits per heavy atom. The maximum Gasteiger partial charge on any atom is -0.00162 e. The van der Waals surface area contributed by atoms with E-state index in [1.165, 1.54) is 32.4 Å². The molecule has 0 bridgehead atoms. The van der Waals surface area contributed by atoms with Gasteiger partial charge in [0.1, 0.15) is 0 Å². The summed E-state index contributed by atoms with van der Waals surface area (Å²) >= 11 is 0. The number of likely N-dealkylation sites (tertiary alicyclic amines) is 1. The number of piperidine rings is 1. The van der Waals surface area contributed by atoms with Crippen LogP contribution in [-0.2, 0) is 0 Å². The van der Waals surface area contributed by atoms with Crippen LogP contribution in [0.3, 0.4) is 0 Å². The average Bonchev–Trinajstić information content (AvgIpc) is 2.04. The Bertz CT molecular complexity index is 121. The lowest BCUT2D eigenvalue weighted by atomic mass is 9.96. The van der Waals surface area contributed by atoms with E-state index in [9.17, 15) is 0 Å². The van der Waals surface area contributed by atoms with Gasteiger partial charge >= 0.3 is 0 Å². The van der Waals surface area contributed by atoms with Crippen LogP contribution < -0.4 is 0 Å². The van der Waals surface area contributed by atoms with Gasteiger partial charge < -0.3 is 4.90 Å². The van der Waals surface area contributed by atoms with Gasteiger partial charge in [0.15, 0.2) is 0 Å². The van der Waals surface area contributed by atoms with Gasteiger partial charge in [0.2, 0.25) is 0 Å². The van der Waals surface area contributed by atoms with Gasteiger partial charge in [-0.05, 0) is 45.3 Å². The van der Waals surface area contributed by atoms with Gasteiger partial charge in [0.05, 0.1) is 0 Å². The molecule has 0 aromatic carbocycles. The van der Waals surface area contributed by atoms with Gasteiger partial charge in [-0.3, -0.25) is 0 Å². The third kappa shape index (κ3) is 3.06. The SMILES string of the molecule is CC/C=C/C1CCN(C)CC1. The maximum atomic E-state index is 2.41. The van der Waals surface area contributed by atoms with Crippen molar-refractivity contribution in [1.29, 1.82) is 0 Å². The molecule has 64 valence electrons. The molecule has 1 saturated heterocycles. The summed E-state index contributed by atoms with van der Waals surface area (Å²) in [7, 11) is 2.21. The molecule has 0 N–H and O–H groups in total. The first-order chi connectivity index (χ1) is 5.33. The zero-order chi connectivity index (χ0) is 8.10. The topological polar surface area (TPSA) is 3.24 Å². The lowest BCUT2D eigenvalue weighted by Gasteiger charge is -2.26. The predicted octanol–water partition coefficient (Wildman–Crippen LogP) is 2.29. The fraction of sp³-hybridized carbons (Fsp3) is 0.800. The van der Waals surface area contributed by atoms with E-state index in [0.29, 0.717) is 0 Å². The van der Waals surface area contributed by atoms with Crippen molar-refractivity contribution in [2.75, 3.05) is 20.1 Å². The number of hydrogen-bond acceptors (Lipinski definition) is 1. The molecule has 1 heterocycles. The highest BCUT2D eigenvalue weighted by molar-refractivity contribution is 4.90. The van der Waals surface area contributed by atoms with Crippen LogP contribution in [0.2, 0.25) is 0 Å². The molecule has 0 spiro atoms. The summed E-state index contributed by atoms with van der Waals surface area (Å²) < 4.78 is 0. The highest BCUT2D eigenvalue weighted by atomic mass is 15.1. The summed E-state index contributed by atoms with van der Waals surface area (Å²) in [6.07, 6.45) is 8.59. The molecular weight excluding hydrogens is 134 g/mol. The molecule has 1 heteroatoms. The molecule has 0 saturated carbocycles. The molecule has 0 amide bonds. The lowest BCUT2D eigenvalue weighted by molar-refractivity contribution is 0.244. The Balaban J connectivity index is 2.22. The monoisotopic (exact) mass is 153 g/mol. The Labute approximate surface area is 70.1 Å². The molecule has 1 aliphatic rings. The highest BCUT2D eigenvalue weighted by Gasteiger charge is 2.12. The average molecular weight is 153 g/mol. The van der Waals surface area contributed by atoms with E-state index in [-0.39, 0.29) is 0 Å². The summed E-state index contributed by atoms with van der Waals surface area (Å²) in [5, 5.41) is 0. The van der Waals surface area contributed by atoms with E-state index in [1.807, 2.05) is 0 Å². The molecule has 0 aromatic rings. The van der Waals surface area contributed by atoms with Gasteiger partial charge in [-0.1, -0.05) is 19.1 Å². The van der Waals surface area contributed by atoms with Gasteiger partial charge in [0, 0.05) is 0 Å². The predicted molar refractivity (Wildman–Crippen MR) is 49.7 cm³/mol. The van der Waals surface area contributed by atoms with Crippen molar-refractivity contribution in [2.45, 2.75) is 26.2 Å². The maximum absolute atomic E-state index is 2.41. The Morgan fingerprint density at radius 3 is 2.55 bits per heavy atom. The second-order valence-electron chi connectivity index (χ2n) is 3.48. The van der Waals surface area contributed by atoms with Gasteiger partial charge in [-0.15, -0.1) is 0 Å². The summed E-state index contributed by atoms with van der Waals surface area (Å²) in [5.74, 6) is 0.867. The largest absolute Gasteiger partial charge is 0.306 e. The van der Waals surface area contributed by atoms with Crippen molar-refractivity contribution >= 4 is 0 Å². The molecule has 1 aliphatic heterocycles. The van der Waals surface area contributed by atoms with E-state index < -0.39 is 0 Å². The summed E-state index contributed by atoms with van der Waals surface area (Å²) in [6.45, 7) is 4.75. The highest BCUT2D eigenvalue weighted by Crippen LogP contribution is 2.16. The minimum absolute atomic E-state index is 0.867. The fourth-order valence-corrected chi connectivity index (χ4v) is 1.55. The molecular formula is C10H19N. The normalized spacial score (nSPS) is 23.1. The van der Waals surface area contributed by atoms with E-state index in [0.717, 1.165) is 5.92 Å². The summed E-state index contributed by atoms with van der Waals surface area (Å²) in [5.41, 5.74) is 0. The van der Waals surface area contributed by atoms with Crippen LogP contribution in [0.4, 0.5) is 0 Å². The van der Waals surface area contributed by atoms with Crippen molar-refractivity contribution in [3.8, 4) is 0 Å². The van der Waals surface area contributed by atoms with Gasteiger partial charge in [0.25, 0.3) is 0 Å². The van der Waals surface area contributed by atoms with Crippen LogP contribution in [0.25, 0.3) is 0 Å². The molecule has 1 fully saturated rings. The first-order valence-corrected chi connectivity index (χ1v) is 4.68. The van der Waals surface area contributed by atoms with E-state index in [1.54, 1.807) is 0 Å². The van der Waals surface area contributed by atoms with Crippen molar-refractivity contribution in [1.82, 2.24) is 4.90 Å². The number of rotatable bonds is 2. The second kappa shape index (κ2) is 4.55. The molecule has 0 unspecified atom stereocenters. The second-order valence-corrected chi connectivity index (χ2v) is 3.48. The first kappa shape index (κ1) is 8.79. The smallest absolute Gasteiger partial charge is 0.00162 e. The number of hydrogen-bond donors (Lipinski definition) is 0. The quantitative estimate of drug-likeness (QED) is 0.550. The van der Waals surface area contributed by atoms with Crippen LogP contribution in [0, 0.1) is 5.92 Å².